The Hall–Kier alpha value is -2.89. The zero-order valence-corrected chi connectivity index (χ0v) is 15.2. The molecule has 0 aliphatic heterocycles. The van der Waals surface area contributed by atoms with Crippen LogP contribution in [0.15, 0.2) is 54.5 Å². The van der Waals surface area contributed by atoms with Gasteiger partial charge in [-0.3, -0.25) is 4.79 Å². The van der Waals surface area contributed by atoms with Gasteiger partial charge >= 0.3 is 5.97 Å². The molecule has 6 nitrogen and oxygen atoms in total. The molecular formula is C21H23N3O3. The van der Waals surface area contributed by atoms with E-state index in [1.54, 1.807) is 35.1 Å². The van der Waals surface area contributed by atoms with Crippen LogP contribution in [0.5, 0.6) is 0 Å². The monoisotopic (exact) mass is 365 g/mol. The molecule has 2 aliphatic rings. The topological polar surface area (TPSA) is 64.4 Å². The molecule has 27 heavy (non-hydrogen) atoms. The van der Waals surface area contributed by atoms with E-state index < -0.39 is 5.97 Å². The number of rotatable bonds is 6. The van der Waals surface area contributed by atoms with Gasteiger partial charge in [-0.2, -0.15) is 5.10 Å². The van der Waals surface area contributed by atoms with Crippen LogP contribution in [0.4, 0.5) is 0 Å². The van der Waals surface area contributed by atoms with Crippen molar-refractivity contribution in [3.05, 3.63) is 60.1 Å². The Morgan fingerprint density at radius 1 is 1.19 bits per heavy atom. The van der Waals surface area contributed by atoms with Gasteiger partial charge in [-0.25, -0.2) is 9.48 Å². The molecule has 1 heterocycles. The highest BCUT2D eigenvalue weighted by atomic mass is 16.5. The van der Waals surface area contributed by atoms with Crippen molar-refractivity contribution >= 4 is 11.9 Å². The summed E-state index contributed by atoms with van der Waals surface area (Å²) in [6.07, 6.45) is 12.0. The molecule has 2 aliphatic carbocycles. The van der Waals surface area contributed by atoms with Crippen LogP contribution >= 0.6 is 0 Å². The number of hydrogen-bond donors (Lipinski definition) is 0. The maximum atomic E-state index is 12.7. The molecule has 1 amide bonds. The molecular weight excluding hydrogens is 342 g/mol. The van der Waals surface area contributed by atoms with Gasteiger partial charge in [0.15, 0.2) is 6.61 Å². The smallest absolute Gasteiger partial charge is 0.338 e. The van der Waals surface area contributed by atoms with Crippen molar-refractivity contribution in [2.24, 2.45) is 0 Å². The number of nitrogens with zero attached hydrogens (tertiary/aromatic N) is 3. The predicted octanol–water partition coefficient (Wildman–Crippen LogP) is 3.48. The summed E-state index contributed by atoms with van der Waals surface area (Å²) in [4.78, 5) is 26.8. The molecule has 0 spiro atoms. The molecule has 1 aromatic heterocycles. The summed E-state index contributed by atoms with van der Waals surface area (Å²) in [6.45, 7) is -0.215. The molecule has 0 bridgehead atoms. The zero-order chi connectivity index (χ0) is 18.6. The van der Waals surface area contributed by atoms with Crippen LogP contribution in [0.2, 0.25) is 0 Å². The van der Waals surface area contributed by atoms with E-state index >= 15 is 0 Å². The third kappa shape index (κ3) is 4.10. The van der Waals surface area contributed by atoms with Gasteiger partial charge in [-0.1, -0.05) is 6.08 Å². The standard InChI is InChI=1S/C21H23N3O3/c25-20(24(19-11-12-19)18-5-2-1-3-6-18)15-27-21(26)16-7-9-17(10-8-16)23-14-4-13-22-23/h4-5,7-10,13-14,19H,1-3,6,11-12,15H2. The summed E-state index contributed by atoms with van der Waals surface area (Å²) in [7, 11) is 0. The van der Waals surface area contributed by atoms with E-state index in [-0.39, 0.29) is 18.6 Å². The van der Waals surface area contributed by atoms with Gasteiger partial charge < -0.3 is 9.64 Å². The van der Waals surface area contributed by atoms with Crippen LogP contribution in [0, 0.1) is 0 Å². The van der Waals surface area contributed by atoms with E-state index in [9.17, 15) is 9.59 Å². The number of ether oxygens (including phenoxy) is 1. The number of benzene rings is 1. The largest absolute Gasteiger partial charge is 0.452 e. The molecule has 4 rings (SSSR count). The first kappa shape index (κ1) is 17.5. The van der Waals surface area contributed by atoms with Crippen LogP contribution in [-0.2, 0) is 9.53 Å². The maximum Gasteiger partial charge on any atom is 0.338 e. The first-order valence-corrected chi connectivity index (χ1v) is 9.51. The Morgan fingerprint density at radius 3 is 2.63 bits per heavy atom. The fraction of sp³-hybridized carbons (Fsp3) is 0.381. The second-order valence-corrected chi connectivity index (χ2v) is 7.01. The van der Waals surface area contributed by atoms with E-state index in [4.69, 9.17) is 4.74 Å². The molecule has 2 aromatic rings. The number of aromatic nitrogens is 2. The lowest BCUT2D eigenvalue weighted by Gasteiger charge is -2.27. The number of carbonyl (C=O) groups excluding carboxylic acids is 2. The minimum absolute atomic E-state index is 0.118. The number of hydrogen-bond acceptors (Lipinski definition) is 4. The SMILES string of the molecule is O=C(OCC(=O)N(C1=CCCCC1)C1CC1)c1ccc(-n2cccn2)cc1. The Kier molecular flexibility index (Phi) is 5.05. The maximum absolute atomic E-state index is 12.7. The minimum Gasteiger partial charge on any atom is -0.452 e. The summed E-state index contributed by atoms with van der Waals surface area (Å²) >= 11 is 0. The number of amides is 1. The summed E-state index contributed by atoms with van der Waals surface area (Å²) < 4.78 is 7.00. The van der Waals surface area contributed by atoms with Crippen LogP contribution in [0.1, 0.15) is 48.9 Å². The fourth-order valence-corrected chi connectivity index (χ4v) is 3.42. The highest BCUT2D eigenvalue weighted by molar-refractivity contribution is 5.91. The van der Waals surface area contributed by atoms with Gasteiger partial charge in [0.1, 0.15) is 0 Å². The second kappa shape index (κ2) is 7.78. The molecule has 1 saturated carbocycles. The van der Waals surface area contributed by atoms with Gasteiger partial charge in [0.05, 0.1) is 11.3 Å². The Balaban J connectivity index is 1.36. The minimum atomic E-state index is -0.483. The first-order chi connectivity index (χ1) is 13.2. The van der Waals surface area contributed by atoms with Crippen LogP contribution < -0.4 is 0 Å². The van der Waals surface area contributed by atoms with Crippen LogP contribution in [0.25, 0.3) is 5.69 Å². The van der Waals surface area contributed by atoms with Crippen LogP contribution in [0.3, 0.4) is 0 Å². The highest BCUT2D eigenvalue weighted by Crippen LogP contribution is 2.33. The van der Waals surface area contributed by atoms with E-state index in [1.807, 2.05) is 17.2 Å². The van der Waals surface area contributed by atoms with Crippen molar-refractivity contribution in [2.75, 3.05) is 6.61 Å². The molecule has 0 saturated heterocycles. The molecule has 0 atom stereocenters. The highest BCUT2D eigenvalue weighted by Gasteiger charge is 2.35. The van der Waals surface area contributed by atoms with E-state index in [1.165, 1.54) is 6.42 Å². The van der Waals surface area contributed by atoms with E-state index in [2.05, 4.69) is 11.2 Å². The summed E-state index contributed by atoms with van der Waals surface area (Å²) in [5.74, 6) is -0.601. The zero-order valence-electron chi connectivity index (χ0n) is 15.2. The predicted molar refractivity (Wildman–Crippen MR) is 100 cm³/mol. The average molecular weight is 365 g/mol. The van der Waals surface area contributed by atoms with E-state index in [0.717, 1.165) is 43.5 Å². The van der Waals surface area contributed by atoms with Gasteiger partial charge in [0.2, 0.25) is 0 Å². The molecule has 1 aromatic carbocycles. The van der Waals surface area contributed by atoms with Crippen LogP contribution in [-0.4, -0.2) is 39.2 Å². The first-order valence-electron chi connectivity index (χ1n) is 9.51. The Morgan fingerprint density at radius 2 is 2.00 bits per heavy atom. The lowest BCUT2D eigenvalue weighted by molar-refractivity contribution is -0.133. The lowest BCUT2D eigenvalue weighted by atomic mass is 10.0. The average Bonchev–Trinajstić information content (AvgIpc) is 3.38. The van der Waals surface area contributed by atoms with Crippen molar-refractivity contribution in [1.82, 2.24) is 14.7 Å². The third-order valence-electron chi connectivity index (χ3n) is 4.96. The molecule has 0 radical (unpaired) electrons. The van der Waals surface area contributed by atoms with Gasteiger partial charge in [0, 0.05) is 24.1 Å². The third-order valence-corrected chi connectivity index (χ3v) is 4.96. The van der Waals surface area contributed by atoms with Crippen molar-refractivity contribution < 1.29 is 14.3 Å². The van der Waals surface area contributed by atoms with E-state index in [0.29, 0.717) is 5.56 Å². The van der Waals surface area contributed by atoms with Gasteiger partial charge in [0.25, 0.3) is 5.91 Å². The molecule has 6 heteroatoms. The van der Waals surface area contributed by atoms with Crippen molar-refractivity contribution in [3.63, 3.8) is 0 Å². The lowest BCUT2D eigenvalue weighted by Crippen LogP contribution is -2.36. The van der Waals surface area contributed by atoms with Crippen molar-refractivity contribution in [3.8, 4) is 5.69 Å². The fourth-order valence-electron chi connectivity index (χ4n) is 3.42. The summed E-state index contributed by atoms with van der Waals surface area (Å²) in [6, 6.07) is 9.09. The second-order valence-electron chi connectivity index (χ2n) is 7.01. The Bertz CT molecular complexity index is 836. The van der Waals surface area contributed by atoms with Crippen molar-refractivity contribution in [2.45, 2.75) is 44.6 Å². The summed E-state index contributed by atoms with van der Waals surface area (Å²) in [5, 5.41) is 4.15. The molecule has 140 valence electrons. The van der Waals surface area contributed by atoms with Gasteiger partial charge in [-0.15, -0.1) is 0 Å². The quantitative estimate of drug-likeness (QED) is 0.735. The number of esters is 1. The normalized spacial score (nSPS) is 16.5. The van der Waals surface area contributed by atoms with Gasteiger partial charge in [-0.05, 0) is 68.9 Å². The summed E-state index contributed by atoms with van der Waals surface area (Å²) in [5.41, 5.74) is 2.39. The number of allylic oxidation sites excluding steroid dienone is 2. The Labute approximate surface area is 158 Å². The molecule has 0 N–H and O–H groups in total. The number of carbonyl (C=O) groups is 2. The molecule has 1 fully saturated rings. The molecule has 0 unspecified atom stereocenters. The van der Waals surface area contributed by atoms with Crippen molar-refractivity contribution in [1.29, 1.82) is 0 Å².